The standard InChI is InChI=1S/C16H20FNO5/c1-22-10-16(7-2-8-16)15(21)18-9-13(14(19)20)23-12-5-3-11(17)4-6-12/h3-6,13H,2,7-10H2,1H3,(H,18,21)(H,19,20). The average Bonchev–Trinajstić information content (AvgIpc) is 2.48. The second-order valence-corrected chi connectivity index (χ2v) is 5.68. The van der Waals surface area contributed by atoms with Gasteiger partial charge in [-0.1, -0.05) is 6.42 Å². The maximum atomic E-state index is 12.8. The van der Waals surface area contributed by atoms with E-state index in [1.165, 1.54) is 31.4 Å². The molecule has 6 nitrogen and oxygen atoms in total. The molecule has 0 spiro atoms. The Kier molecular flexibility index (Phi) is 5.54. The van der Waals surface area contributed by atoms with Crippen LogP contribution < -0.4 is 10.1 Å². The van der Waals surface area contributed by atoms with Crippen molar-refractivity contribution >= 4 is 11.9 Å². The molecule has 1 amide bonds. The van der Waals surface area contributed by atoms with Crippen LogP contribution in [-0.2, 0) is 14.3 Å². The average molecular weight is 325 g/mol. The van der Waals surface area contributed by atoms with Crippen LogP contribution in [0.15, 0.2) is 24.3 Å². The van der Waals surface area contributed by atoms with Gasteiger partial charge in [0.25, 0.3) is 0 Å². The first-order valence-corrected chi connectivity index (χ1v) is 7.39. The molecule has 126 valence electrons. The van der Waals surface area contributed by atoms with Gasteiger partial charge < -0.3 is 19.9 Å². The molecule has 1 fully saturated rings. The summed E-state index contributed by atoms with van der Waals surface area (Å²) in [6, 6.07) is 5.03. The highest BCUT2D eigenvalue weighted by Gasteiger charge is 2.44. The molecule has 1 aliphatic rings. The van der Waals surface area contributed by atoms with Crippen LogP contribution in [0.2, 0.25) is 0 Å². The molecule has 1 aliphatic carbocycles. The summed E-state index contributed by atoms with van der Waals surface area (Å²) < 4.78 is 23.2. The van der Waals surface area contributed by atoms with Crippen molar-refractivity contribution in [1.82, 2.24) is 5.32 Å². The van der Waals surface area contributed by atoms with Gasteiger partial charge in [-0.2, -0.15) is 0 Å². The Balaban J connectivity index is 1.93. The molecule has 7 heteroatoms. The Morgan fingerprint density at radius 2 is 2.00 bits per heavy atom. The van der Waals surface area contributed by atoms with Gasteiger partial charge in [0.15, 0.2) is 0 Å². The molecule has 1 atom stereocenters. The number of benzene rings is 1. The van der Waals surface area contributed by atoms with Crippen LogP contribution in [0.1, 0.15) is 19.3 Å². The van der Waals surface area contributed by atoms with Crippen LogP contribution >= 0.6 is 0 Å². The number of amides is 1. The molecule has 0 radical (unpaired) electrons. The summed E-state index contributed by atoms with van der Waals surface area (Å²) in [4.78, 5) is 23.5. The number of carboxylic acid groups (broad SMARTS) is 1. The van der Waals surface area contributed by atoms with Crippen molar-refractivity contribution in [2.24, 2.45) is 5.41 Å². The molecule has 23 heavy (non-hydrogen) atoms. The van der Waals surface area contributed by atoms with Crippen LogP contribution in [0.5, 0.6) is 5.75 Å². The zero-order valence-corrected chi connectivity index (χ0v) is 12.9. The lowest BCUT2D eigenvalue weighted by molar-refractivity contribution is -0.146. The number of hydrogen-bond acceptors (Lipinski definition) is 4. The molecular weight excluding hydrogens is 305 g/mol. The number of carboxylic acids is 1. The SMILES string of the molecule is COCC1(C(=O)NCC(Oc2ccc(F)cc2)C(=O)O)CCC1. The molecule has 2 rings (SSSR count). The van der Waals surface area contributed by atoms with E-state index >= 15 is 0 Å². The zero-order chi connectivity index (χ0) is 16.9. The zero-order valence-electron chi connectivity index (χ0n) is 12.9. The van der Waals surface area contributed by atoms with Crippen molar-refractivity contribution in [2.45, 2.75) is 25.4 Å². The van der Waals surface area contributed by atoms with E-state index < -0.39 is 23.3 Å². The summed E-state index contributed by atoms with van der Waals surface area (Å²) in [5.74, 6) is -1.64. The quantitative estimate of drug-likeness (QED) is 0.758. The molecule has 0 aromatic heterocycles. The van der Waals surface area contributed by atoms with Gasteiger partial charge in [-0.25, -0.2) is 9.18 Å². The van der Waals surface area contributed by atoms with Gasteiger partial charge in [0.2, 0.25) is 12.0 Å². The molecule has 0 heterocycles. The van der Waals surface area contributed by atoms with Gasteiger partial charge in [0, 0.05) is 7.11 Å². The third-order valence-corrected chi connectivity index (χ3v) is 4.03. The summed E-state index contributed by atoms with van der Waals surface area (Å²) in [7, 11) is 1.53. The van der Waals surface area contributed by atoms with E-state index in [9.17, 15) is 19.1 Å². The van der Waals surface area contributed by atoms with Gasteiger partial charge in [-0.05, 0) is 37.1 Å². The van der Waals surface area contributed by atoms with Crippen LogP contribution in [0.4, 0.5) is 4.39 Å². The summed E-state index contributed by atoms with van der Waals surface area (Å²) in [6.45, 7) is 0.145. The van der Waals surface area contributed by atoms with Crippen LogP contribution in [0, 0.1) is 11.2 Å². The number of nitrogens with one attached hydrogen (secondary N) is 1. The minimum atomic E-state index is -1.25. The van der Waals surface area contributed by atoms with E-state index in [2.05, 4.69) is 5.32 Å². The molecular formula is C16H20FNO5. The van der Waals surface area contributed by atoms with E-state index in [0.29, 0.717) is 6.61 Å². The number of aliphatic carboxylic acids is 1. The highest BCUT2D eigenvalue weighted by atomic mass is 19.1. The molecule has 1 aromatic rings. The molecule has 1 unspecified atom stereocenters. The molecule has 0 aliphatic heterocycles. The Bertz CT molecular complexity index is 556. The second-order valence-electron chi connectivity index (χ2n) is 5.68. The normalized spacial score (nSPS) is 17.0. The molecule has 1 saturated carbocycles. The van der Waals surface area contributed by atoms with E-state index in [-0.39, 0.29) is 18.2 Å². The van der Waals surface area contributed by atoms with E-state index in [4.69, 9.17) is 9.47 Å². The Morgan fingerprint density at radius 1 is 1.35 bits per heavy atom. The van der Waals surface area contributed by atoms with E-state index in [1.54, 1.807) is 0 Å². The number of carbonyl (C=O) groups is 2. The summed E-state index contributed by atoms with van der Waals surface area (Å²) in [5, 5.41) is 11.8. The summed E-state index contributed by atoms with van der Waals surface area (Å²) in [5.41, 5.74) is -0.562. The molecule has 0 saturated heterocycles. The third-order valence-electron chi connectivity index (χ3n) is 4.03. The van der Waals surface area contributed by atoms with Gasteiger partial charge in [-0.15, -0.1) is 0 Å². The van der Waals surface area contributed by atoms with Gasteiger partial charge in [0.05, 0.1) is 18.6 Å². The lowest BCUT2D eigenvalue weighted by Crippen LogP contribution is -2.51. The minimum Gasteiger partial charge on any atom is -0.478 e. The first kappa shape index (κ1) is 17.2. The summed E-state index contributed by atoms with van der Waals surface area (Å²) in [6.07, 6.45) is 1.15. The number of methoxy groups -OCH3 is 1. The highest BCUT2D eigenvalue weighted by Crippen LogP contribution is 2.41. The fourth-order valence-electron chi connectivity index (χ4n) is 2.55. The maximum Gasteiger partial charge on any atom is 0.346 e. The van der Waals surface area contributed by atoms with Crippen molar-refractivity contribution in [3.63, 3.8) is 0 Å². The van der Waals surface area contributed by atoms with Crippen LogP contribution in [0.25, 0.3) is 0 Å². The fraction of sp³-hybridized carbons (Fsp3) is 0.500. The predicted octanol–water partition coefficient (Wildman–Crippen LogP) is 1.59. The number of hydrogen-bond donors (Lipinski definition) is 2. The fourth-order valence-corrected chi connectivity index (χ4v) is 2.55. The minimum absolute atomic E-state index is 0.170. The van der Waals surface area contributed by atoms with Crippen molar-refractivity contribution in [2.75, 3.05) is 20.3 Å². The predicted molar refractivity (Wildman–Crippen MR) is 79.6 cm³/mol. The largest absolute Gasteiger partial charge is 0.478 e. The first-order chi connectivity index (χ1) is 11.0. The Hall–Kier alpha value is -2.15. The smallest absolute Gasteiger partial charge is 0.346 e. The monoisotopic (exact) mass is 325 g/mol. The second kappa shape index (κ2) is 7.41. The molecule has 1 aromatic carbocycles. The number of rotatable bonds is 8. The van der Waals surface area contributed by atoms with Crippen molar-refractivity contribution < 1.29 is 28.6 Å². The van der Waals surface area contributed by atoms with E-state index in [1.807, 2.05) is 0 Å². The highest BCUT2D eigenvalue weighted by molar-refractivity contribution is 5.84. The number of halogens is 1. The maximum absolute atomic E-state index is 12.8. The van der Waals surface area contributed by atoms with Gasteiger partial charge >= 0.3 is 5.97 Å². The van der Waals surface area contributed by atoms with Crippen molar-refractivity contribution in [3.8, 4) is 5.75 Å². The lowest BCUT2D eigenvalue weighted by atomic mass is 9.68. The van der Waals surface area contributed by atoms with E-state index in [0.717, 1.165) is 19.3 Å². The van der Waals surface area contributed by atoms with Crippen LogP contribution in [-0.4, -0.2) is 43.3 Å². The van der Waals surface area contributed by atoms with Gasteiger partial charge in [-0.3, -0.25) is 4.79 Å². The number of carbonyl (C=O) groups excluding carboxylic acids is 1. The van der Waals surface area contributed by atoms with Gasteiger partial charge in [0.1, 0.15) is 11.6 Å². The molecule has 2 N–H and O–H groups in total. The van der Waals surface area contributed by atoms with Crippen LogP contribution in [0.3, 0.4) is 0 Å². The number of ether oxygens (including phenoxy) is 2. The third kappa shape index (κ3) is 4.19. The van der Waals surface area contributed by atoms with Crippen molar-refractivity contribution in [1.29, 1.82) is 0 Å². The Labute approximate surface area is 133 Å². The Morgan fingerprint density at radius 3 is 2.48 bits per heavy atom. The first-order valence-electron chi connectivity index (χ1n) is 7.39. The topological polar surface area (TPSA) is 84.9 Å². The van der Waals surface area contributed by atoms with Crippen molar-refractivity contribution in [3.05, 3.63) is 30.1 Å². The summed E-state index contributed by atoms with van der Waals surface area (Å²) >= 11 is 0. The lowest BCUT2D eigenvalue weighted by Gasteiger charge is -2.39. The molecule has 0 bridgehead atoms.